The van der Waals surface area contributed by atoms with E-state index < -0.39 is 6.10 Å². The van der Waals surface area contributed by atoms with Crippen molar-refractivity contribution < 1.29 is 14.9 Å². The molecule has 0 fully saturated rings. The van der Waals surface area contributed by atoms with Crippen molar-refractivity contribution in [3.63, 3.8) is 0 Å². The second-order valence-corrected chi connectivity index (χ2v) is 6.94. The Labute approximate surface area is 168 Å². The summed E-state index contributed by atoms with van der Waals surface area (Å²) >= 11 is 0. The smallest absolute Gasteiger partial charge is 0.145 e. The fourth-order valence-electron chi connectivity index (χ4n) is 3.38. The molecule has 4 rings (SSSR count). The maximum absolute atomic E-state index is 9.72. The van der Waals surface area contributed by atoms with Crippen LogP contribution >= 0.6 is 0 Å². The van der Waals surface area contributed by atoms with Crippen LogP contribution in [0, 0.1) is 13.8 Å². The minimum atomic E-state index is -0.950. The molecule has 0 amide bonds. The largest absolute Gasteiger partial charge is 0.489 e. The van der Waals surface area contributed by atoms with Crippen LogP contribution in [0.1, 0.15) is 17.1 Å². The van der Waals surface area contributed by atoms with Crippen LogP contribution in [0.5, 0.6) is 5.75 Å². The number of benzene rings is 1. The molecule has 0 saturated carbocycles. The van der Waals surface area contributed by atoms with E-state index in [2.05, 4.69) is 9.97 Å². The molecule has 0 aliphatic rings. The number of ether oxygens (including phenoxy) is 1. The number of rotatable bonds is 7. The summed E-state index contributed by atoms with van der Waals surface area (Å²) in [5.74, 6) is 0.588. The van der Waals surface area contributed by atoms with Crippen LogP contribution in [0.3, 0.4) is 0 Å². The molecule has 0 radical (unpaired) electrons. The summed E-state index contributed by atoms with van der Waals surface area (Å²) in [4.78, 5) is 8.73. The SMILES string of the molecule is Cc1cccc(Cn2nc(C)c3c(-n4ccnc4)ccc(OCC(O)CO)c32)n1. The number of aryl methyl sites for hydroxylation is 2. The summed E-state index contributed by atoms with van der Waals surface area (Å²) in [6, 6.07) is 9.68. The molecule has 1 atom stereocenters. The summed E-state index contributed by atoms with van der Waals surface area (Å²) in [6.45, 7) is 4.02. The van der Waals surface area contributed by atoms with E-state index in [-0.39, 0.29) is 13.2 Å². The highest BCUT2D eigenvalue weighted by Crippen LogP contribution is 2.33. The second kappa shape index (κ2) is 8.02. The molecule has 1 unspecified atom stereocenters. The zero-order chi connectivity index (χ0) is 20.4. The highest BCUT2D eigenvalue weighted by Gasteiger charge is 2.19. The number of nitrogens with zero attached hydrogens (tertiary/aromatic N) is 5. The first-order valence-corrected chi connectivity index (χ1v) is 9.39. The predicted octanol–water partition coefficient (Wildman–Crippen LogP) is 2.01. The molecular weight excluding hydrogens is 370 g/mol. The summed E-state index contributed by atoms with van der Waals surface area (Å²) in [5.41, 5.74) is 4.43. The van der Waals surface area contributed by atoms with Gasteiger partial charge in [-0.2, -0.15) is 5.10 Å². The maximum atomic E-state index is 9.72. The third-order valence-corrected chi connectivity index (χ3v) is 4.69. The molecule has 0 aliphatic carbocycles. The van der Waals surface area contributed by atoms with Gasteiger partial charge in [-0.15, -0.1) is 0 Å². The third-order valence-electron chi connectivity index (χ3n) is 4.69. The molecule has 0 saturated heterocycles. The lowest BCUT2D eigenvalue weighted by atomic mass is 10.1. The van der Waals surface area contributed by atoms with E-state index in [1.54, 1.807) is 12.5 Å². The topological polar surface area (TPSA) is 98.2 Å². The first-order chi connectivity index (χ1) is 14.1. The van der Waals surface area contributed by atoms with E-state index >= 15 is 0 Å². The Morgan fingerprint density at radius 1 is 1.17 bits per heavy atom. The molecule has 3 heterocycles. The van der Waals surface area contributed by atoms with Gasteiger partial charge in [-0.25, -0.2) is 4.98 Å². The minimum absolute atomic E-state index is 0.0110. The summed E-state index contributed by atoms with van der Waals surface area (Å²) in [7, 11) is 0. The normalized spacial score (nSPS) is 12.4. The lowest BCUT2D eigenvalue weighted by Crippen LogP contribution is -2.21. The molecule has 1 aromatic carbocycles. The van der Waals surface area contributed by atoms with Gasteiger partial charge in [0, 0.05) is 18.1 Å². The van der Waals surface area contributed by atoms with Crippen molar-refractivity contribution in [2.24, 2.45) is 0 Å². The lowest BCUT2D eigenvalue weighted by Gasteiger charge is -2.14. The van der Waals surface area contributed by atoms with Crippen LogP contribution in [0.2, 0.25) is 0 Å². The Morgan fingerprint density at radius 2 is 2.03 bits per heavy atom. The summed E-state index contributed by atoms with van der Waals surface area (Å²) < 4.78 is 9.64. The van der Waals surface area contributed by atoms with Crippen LogP contribution < -0.4 is 4.74 Å². The number of aliphatic hydroxyl groups excluding tert-OH is 2. The van der Waals surface area contributed by atoms with E-state index in [9.17, 15) is 5.11 Å². The Kier molecular flexibility index (Phi) is 5.28. The Hall–Kier alpha value is -3.23. The number of aliphatic hydroxyl groups is 2. The van der Waals surface area contributed by atoms with Gasteiger partial charge in [0.1, 0.15) is 24.0 Å². The van der Waals surface area contributed by atoms with Crippen LogP contribution in [0.4, 0.5) is 0 Å². The number of hydrogen-bond acceptors (Lipinski definition) is 6. The van der Waals surface area contributed by atoms with Gasteiger partial charge < -0.3 is 19.5 Å². The van der Waals surface area contributed by atoms with Gasteiger partial charge >= 0.3 is 0 Å². The quantitative estimate of drug-likeness (QED) is 0.498. The van der Waals surface area contributed by atoms with Gasteiger partial charge in [-0.1, -0.05) is 6.07 Å². The van der Waals surface area contributed by atoms with Crippen molar-refractivity contribution in [3.8, 4) is 11.4 Å². The standard InChI is InChI=1S/C21H23N5O3/c1-14-4-3-5-16(23-14)10-26-21-19(29-12-17(28)11-27)7-6-18(20(21)15(2)24-26)25-9-8-22-13-25/h3-9,13,17,27-28H,10-12H2,1-2H3. The molecule has 8 nitrogen and oxygen atoms in total. The number of pyridine rings is 1. The fraction of sp³-hybridized carbons (Fsp3) is 0.286. The van der Waals surface area contributed by atoms with Crippen LogP contribution in [0.25, 0.3) is 16.6 Å². The van der Waals surface area contributed by atoms with Crippen molar-refractivity contribution in [2.75, 3.05) is 13.2 Å². The number of fused-ring (bicyclic) bond motifs is 1. The van der Waals surface area contributed by atoms with Gasteiger partial charge in [-0.3, -0.25) is 9.67 Å². The highest BCUT2D eigenvalue weighted by atomic mass is 16.5. The first kappa shape index (κ1) is 19.1. The molecule has 3 aromatic heterocycles. The van der Waals surface area contributed by atoms with E-state index in [0.717, 1.165) is 33.7 Å². The van der Waals surface area contributed by atoms with Crippen molar-refractivity contribution in [3.05, 3.63) is 66.1 Å². The van der Waals surface area contributed by atoms with Crippen molar-refractivity contribution >= 4 is 10.9 Å². The van der Waals surface area contributed by atoms with Crippen molar-refractivity contribution in [1.29, 1.82) is 0 Å². The molecule has 2 N–H and O–H groups in total. The summed E-state index contributed by atoms with van der Waals surface area (Å²) in [6.07, 6.45) is 4.40. The zero-order valence-electron chi connectivity index (χ0n) is 16.4. The predicted molar refractivity (Wildman–Crippen MR) is 108 cm³/mol. The molecule has 0 aliphatic heterocycles. The molecule has 0 spiro atoms. The highest BCUT2D eigenvalue weighted by molar-refractivity contribution is 5.94. The molecule has 8 heteroatoms. The van der Waals surface area contributed by atoms with Gasteiger partial charge in [0.2, 0.25) is 0 Å². The van der Waals surface area contributed by atoms with Crippen molar-refractivity contribution in [2.45, 2.75) is 26.5 Å². The van der Waals surface area contributed by atoms with E-state index in [4.69, 9.17) is 14.9 Å². The number of imidazole rings is 1. The third kappa shape index (κ3) is 3.85. The number of hydrogen-bond donors (Lipinski definition) is 2. The summed E-state index contributed by atoms with van der Waals surface area (Å²) in [5, 5.41) is 24.5. The molecule has 29 heavy (non-hydrogen) atoms. The lowest BCUT2D eigenvalue weighted by molar-refractivity contribution is 0.0540. The van der Waals surface area contributed by atoms with E-state index in [0.29, 0.717) is 12.3 Å². The zero-order valence-corrected chi connectivity index (χ0v) is 16.4. The van der Waals surface area contributed by atoms with Gasteiger partial charge in [0.15, 0.2) is 0 Å². The van der Waals surface area contributed by atoms with Gasteiger partial charge in [-0.05, 0) is 38.1 Å². The average Bonchev–Trinajstić information content (AvgIpc) is 3.35. The van der Waals surface area contributed by atoms with Gasteiger partial charge in [0.05, 0.1) is 41.9 Å². The monoisotopic (exact) mass is 393 g/mol. The second-order valence-electron chi connectivity index (χ2n) is 6.94. The molecule has 0 bridgehead atoms. The van der Waals surface area contributed by atoms with Crippen LogP contribution in [0.15, 0.2) is 49.1 Å². The average molecular weight is 393 g/mol. The van der Waals surface area contributed by atoms with Crippen LogP contribution in [-0.4, -0.2) is 53.8 Å². The first-order valence-electron chi connectivity index (χ1n) is 9.39. The maximum Gasteiger partial charge on any atom is 0.145 e. The molecule has 150 valence electrons. The molecular formula is C21H23N5O3. The Morgan fingerprint density at radius 3 is 2.76 bits per heavy atom. The Balaban J connectivity index is 1.85. The van der Waals surface area contributed by atoms with Crippen LogP contribution in [-0.2, 0) is 6.54 Å². The number of aromatic nitrogens is 5. The van der Waals surface area contributed by atoms with E-state index in [1.807, 2.05) is 59.6 Å². The fourth-order valence-corrected chi connectivity index (χ4v) is 3.38. The molecule has 4 aromatic rings. The van der Waals surface area contributed by atoms with Crippen molar-refractivity contribution in [1.82, 2.24) is 24.3 Å². The van der Waals surface area contributed by atoms with Gasteiger partial charge in [0.25, 0.3) is 0 Å². The minimum Gasteiger partial charge on any atom is -0.489 e. The van der Waals surface area contributed by atoms with E-state index in [1.165, 1.54) is 0 Å². The Bertz CT molecular complexity index is 1120.